The fourth-order valence-electron chi connectivity index (χ4n) is 15.6. The van der Waals surface area contributed by atoms with Crippen molar-refractivity contribution in [3.05, 3.63) is 263 Å². The highest BCUT2D eigenvalue weighted by Gasteiger charge is 2.31. The van der Waals surface area contributed by atoms with Gasteiger partial charge in [0.25, 0.3) is 0 Å². The minimum atomic E-state index is -0.660. The molecule has 1 atom stereocenters. The van der Waals surface area contributed by atoms with E-state index >= 15 is 0 Å². The van der Waals surface area contributed by atoms with Crippen molar-refractivity contribution in [1.82, 2.24) is 44.6 Å². The summed E-state index contributed by atoms with van der Waals surface area (Å²) in [5.74, 6) is 4.79. The normalized spacial score (nSPS) is 13.6. The number of methoxy groups -OCH3 is 6. The minimum absolute atomic E-state index is 0.139. The van der Waals surface area contributed by atoms with Crippen LogP contribution >= 0.6 is 23.2 Å². The first-order valence-electron chi connectivity index (χ1n) is 43.5. The van der Waals surface area contributed by atoms with Gasteiger partial charge < -0.3 is 89.7 Å². The third-order valence-corrected chi connectivity index (χ3v) is 23.8. The Kier molecular flexibility index (Phi) is 32.7. The van der Waals surface area contributed by atoms with Gasteiger partial charge in [-0.2, -0.15) is 0 Å². The van der Waals surface area contributed by atoms with E-state index in [0.717, 1.165) is 166 Å². The molecule has 6 N–H and O–H groups in total. The third-order valence-electron chi connectivity index (χ3n) is 23.1. The molecular formula is C99H114Cl2N20O9. The monoisotopic (exact) mass is 1800 g/mol. The van der Waals surface area contributed by atoms with Gasteiger partial charge in [-0.3, -0.25) is 4.79 Å². The molecule has 0 bridgehead atoms. The van der Waals surface area contributed by atoms with Gasteiger partial charge in [0.05, 0.1) is 81.1 Å². The molecule has 3 saturated heterocycles. The summed E-state index contributed by atoms with van der Waals surface area (Å²) in [5, 5.41) is 19.9. The third kappa shape index (κ3) is 23.6. The Labute approximate surface area is 771 Å². The second kappa shape index (κ2) is 45.3. The van der Waals surface area contributed by atoms with Gasteiger partial charge in [0.15, 0.2) is 0 Å². The molecule has 6 heterocycles. The number of benzene rings is 9. The van der Waals surface area contributed by atoms with Crippen molar-refractivity contribution in [2.75, 3.05) is 199 Å². The minimum Gasteiger partial charge on any atom is -0.497 e. The molecule has 678 valence electrons. The number of anilines is 16. The number of nitrogens with zero attached hydrogens (tertiary/aromatic N) is 14. The van der Waals surface area contributed by atoms with Crippen LogP contribution in [0.2, 0.25) is 10.0 Å². The molecule has 3 aromatic heterocycles. The number of urea groups is 2. The first-order valence-corrected chi connectivity index (χ1v) is 44.2. The number of amides is 5. The number of carbonyl (C=O) groups excluding carboxylic acids is 3. The van der Waals surface area contributed by atoms with E-state index in [-0.39, 0.29) is 23.4 Å². The Bertz CT molecular complexity index is 5740. The first kappa shape index (κ1) is 93.9. The molecule has 3 aliphatic heterocycles. The lowest BCUT2D eigenvalue weighted by molar-refractivity contribution is -0.116. The Balaban J connectivity index is 0.000000166. The number of aromatic nitrogens is 6. The van der Waals surface area contributed by atoms with Gasteiger partial charge in [0.2, 0.25) is 5.91 Å². The maximum atomic E-state index is 14.3. The van der Waals surface area contributed by atoms with Crippen molar-refractivity contribution < 1.29 is 42.8 Å². The molecule has 12 aromatic rings. The first-order chi connectivity index (χ1) is 63.2. The van der Waals surface area contributed by atoms with E-state index in [9.17, 15) is 14.4 Å². The summed E-state index contributed by atoms with van der Waals surface area (Å²) < 4.78 is 33.0. The fraction of sp³-hybridized carbons (Fsp3) is 0.303. The largest absolute Gasteiger partial charge is 0.497 e. The number of piperazine rings is 3. The Hall–Kier alpha value is -13.7. The summed E-state index contributed by atoms with van der Waals surface area (Å²) in [4.78, 5) is 86.2. The maximum Gasteiger partial charge on any atom is 0.332 e. The molecule has 5 amide bonds. The van der Waals surface area contributed by atoms with Gasteiger partial charge in [-0.05, 0) is 184 Å². The number of para-hydroxylation sites is 3. The van der Waals surface area contributed by atoms with Crippen molar-refractivity contribution in [1.29, 1.82) is 0 Å². The molecule has 29 nitrogen and oxygen atoms in total. The van der Waals surface area contributed by atoms with E-state index in [2.05, 4.69) is 195 Å². The van der Waals surface area contributed by atoms with Crippen LogP contribution in [0.25, 0.3) is 0 Å². The van der Waals surface area contributed by atoms with Crippen LogP contribution in [-0.2, 0) is 30.5 Å². The number of likely N-dealkylation sites (N-methyl/N-ethyl adjacent to an activating group) is 3. The molecule has 0 spiro atoms. The summed E-state index contributed by atoms with van der Waals surface area (Å²) in [6, 6.07) is 62.4. The number of carbonyl (C=O) groups is 3. The SMILES string of the molecule is CCc1cccc(CC)c1NC(=O)C(c1ccc(N2CCN(C)CC2)cc1)c1cc(Nc2ccc(OC)cc2OC)ncn1.CCc1cccc(CC)c1NC(=O)N(c1cc(Nc2ccc(N3CCN(C)CC3)cc2)ncn1)c1ccc(OC)cc1OC.COc1ccc(N(C(=O)Nc2c(Cl)cccc2Cl)c2cc(Nc3ccc(N4CCN(C)CC4)cc3)ncn2)c(OC)c1. The van der Waals surface area contributed by atoms with Crippen molar-refractivity contribution in [2.45, 2.75) is 59.3 Å². The average Bonchev–Trinajstić information content (AvgIpc) is 0.772. The smallest absolute Gasteiger partial charge is 0.332 e. The average molecular weight is 1800 g/mol. The number of ether oxygens (including phenoxy) is 6. The van der Waals surface area contributed by atoms with Crippen LogP contribution in [-0.4, -0.2) is 205 Å². The second-order valence-electron chi connectivity index (χ2n) is 31.3. The summed E-state index contributed by atoms with van der Waals surface area (Å²) >= 11 is 12.7. The molecule has 0 aliphatic carbocycles. The van der Waals surface area contributed by atoms with Crippen molar-refractivity contribution in [3.8, 4) is 34.5 Å². The fourth-order valence-corrected chi connectivity index (χ4v) is 16.1. The molecule has 3 aliphatic rings. The summed E-state index contributed by atoms with van der Waals surface area (Å²) in [6.07, 6.45) is 7.52. The molecule has 0 saturated carbocycles. The highest BCUT2D eigenvalue weighted by atomic mass is 35.5. The van der Waals surface area contributed by atoms with Crippen LogP contribution in [0.1, 0.15) is 67.1 Å². The van der Waals surface area contributed by atoms with E-state index < -0.39 is 11.9 Å². The molecule has 0 radical (unpaired) electrons. The Morgan fingerprint density at radius 1 is 0.369 bits per heavy atom. The number of hydrogen-bond acceptors (Lipinski definition) is 24. The van der Waals surface area contributed by atoms with Crippen molar-refractivity contribution in [2.24, 2.45) is 0 Å². The van der Waals surface area contributed by atoms with E-state index in [1.165, 1.54) is 47.3 Å². The molecule has 9 aromatic carbocycles. The van der Waals surface area contributed by atoms with Crippen LogP contribution in [0.5, 0.6) is 34.5 Å². The molecule has 130 heavy (non-hydrogen) atoms. The van der Waals surface area contributed by atoms with Gasteiger partial charge >= 0.3 is 12.1 Å². The number of aryl methyl sites for hydroxylation is 4. The van der Waals surface area contributed by atoms with Crippen LogP contribution in [0, 0.1) is 0 Å². The molecule has 15 rings (SSSR count). The highest BCUT2D eigenvalue weighted by molar-refractivity contribution is 6.40. The topological polar surface area (TPSA) is 282 Å². The van der Waals surface area contributed by atoms with Gasteiger partial charge in [-0.15, -0.1) is 0 Å². The molecule has 1 unspecified atom stereocenters. The summed E-state index contributed by atoms with van der Waals surface area (Å²) in [6.45, 7) is 20.5. The zero-order valence-electron chi connectivity index (χ0n) is 75.9. The zero-order chi connectivity index (χ0) is 91.7. The predicted octanol–water partition coefficient (Wildman–Crippen LogP) is 19.0. The van der Waals surface area contributed by atoms with Crippen molar-refractivity contribution in [3.63, 3.8) is 0 Å². The lowest BCUT2D eigenvalue weighted by atomic mass is 9.93. The van der Waals surface area contributed by atoms with Crippen LogP contribution in [0.3, 0.4) is 0 Å². The molecular weight excluding hydrogens is 1680 g/mol. The summed E-state index contributed by atoms with van der Waals surface area (Å²) in [5.41, 5.74) is 14.7. The predicted molar refractivity (Wildman–Crippen MR) is 523 cm³/mol. The highest BCUT2D eigenvalue weighted by Crippen LogP contribution is 2.42. The van der Waals surface area contributed by atoms with Crippen LogP contribution in [0.4, 0.5) is 101 Å². The number of nitrogens with one attached hydrogen (secondary N) is 6. The number of halogens is 2. The molecule has 31 heteroatoms. The van der Waals surface area contributed by atoms with E-state index in [1.807, 2.05) is 72.8 Å². The number of hydrogen-bond donors (Lipinski definition) is 6. The van der Waals surface area contributed by atoms with E-state index in [1.54, 1.807) is 108 Å². The standard InChI is InChI=1S/C35H42N6O3.C34H41N7O3.C30H31Cl2N7O3/c1-6-24-9-8-10-25(7-2)34(24)39-35(42)33(26-11-13-27(14-12-26)41-19-17-40(3)18-20-41)30-22-32(37-23-36-30)38-29-16-15-28(43-4)21-31(29)44-5;1-6-24-9-8-10-25(7-2)33(24)38-34(42)41(29-16-15-28(43-4)21-30(29)44-5)32-22-31(35-23-36-32)37-26-11-13-27(14-12-26)40-19-17-39(3)18-20-40;1-37-13-15-38(16-14-37)21-9-7-20(8-10-21)35-27-18-28(34-19-33-27)39(25-12-11-22(41-2)17-26(25)42-3)30(40)36-29-23(31)5-4-6-24(29)32/h8-16,21-23,33H,6-7,17-20H2,1-5H3,(H,39,42)(H,36,37,38);8-16,21-23H,6-7,17-20H2,1-5H3,(H,38,42)(H,35,36,37);4-12,17-19H,13-16H2,1-3H3,(H,36,40)(H,33,34,35). The van der Waals surface area contributed by atoms with Crippen LogP contribution < -0.4 is 84.8 Å². The van der Waals surface area contributed by atoms with Gasteiger partial charge in [-0.25, -0.2) is 49.3 Å². The van der Waals surface area contributed by atoms with Gasteiger partial charge in [-0.1, -0.05) is 105 Å². The van der Waals surface area contributed by atoms with Crippen molar-refractivity contribution >= 4 is 133 Å². The van der Waals surface area contributed by atoms with Gasteiger partial charge in [0.1, 0.15) is 88.5 Å². The second-order valence-corrected chi connectivity index (χ2v) is 32.1. The lowest BCUT2D eigenvalue weighted by Gasteiger charge is -2.34. The Morgan fingerprint density at radius 3 is 1.12 bits per heavy atom. The summed E-state index contributed by atoms with van der Waals surface area (Å²) in [7, 11) is 15.9. The maximum absolute atomic E-state index is 14.3. The van der Waals surface area contributed by atoms with Crippen LogP contribution in [0.15, 0.2) is 219 Å². The molecule has 3 fully saturated rings. The zero-order valence-corrected chi connectivity index (χ0v) is 77.4. The quantitative estimate of drug-likeness (QED) is 0.0254. The van der Waals surface area contributed by atoms with E-state index in [4.69, 9.17) is 51.6 Å². The number of rotatable bonds is 29. The Morgan fingerprint density at radius 2 is 0.723 bits per heavy atom. The van der Waals surface area contributed by atoms with E-state index in [0.29, 0.717) is 84.9 Å². The van der Waals surface area contributed by atoms with Gasteiger partial charge in [0, 0.05) is 155 Å². The lowest BCUT2D eigenvalue weighted by Crippen LogP contribution is -2.44.